The summed E-state index contributed by atoms with van der Waals surface area (Å²) in [7, 11) is 1.57. The van der Waals surface area contributed by atoms with Gasteiger partial charge in [0.05, 0.1) is 13.3 Å². The van der Waals surface area contributed by atoms with Crippen molar-refractivity contribution < 1.29 is 14.3 Å². The van der Waals surface area contributed by atoms with E-state index in [1.54, 1.807) is 31.4 Å². The highest BCUT2D eigenvalue weighted by Gasteiger charge is 2.11. The molecule has 2 N–H and O–H groups in total. The number of ether oxygens (including phenoxy) is 1. The van der Waals surface area contributed by atoms with Crippen LogP contribution in [0.1, 0.15) is 16.7 Å². The molecule has 6 nitrogen and oxygen atoms in total. The third kappa shape index (κ3) is 5.24. The van der Waals surface area contributed by atoms with Gasteiger partial charge < -0.3 is 10.1 Å². The third-order valence-electron chi connectivity index (χ3n) is 3.25. The summed E-state index contributed by atoms with van der Waals surface area (Å²) in [6.07, 6.45) is 1.44. The van der Waals surface area contributed by atoms with Crippen molar-refractivity contribution in [2.45, 2.75) is 13.5 Å². The molecule has 0 unspecified atom stereocenters. The van der Waals surface area contributed by atoms with E-state index in [0.29, 0.717) is 5.75 Å². The van der Waals surface area contributed by atoms with Crippen molar-refractivity contribution in [1.82, 2.24) is 10.7 Å². The Morgan fingerprint density at radius 3 is 2.58 bits per heavy atom. The zero-order chi connectivity index (χ0) is 17.4. The Morgan fingerprint density at radius 2 is 1.88 bits per heavy atom. The molecule has 0 aliphatic heterocycles. The first-order chi connectivity index (χ1) is 11.6. The largest absolute Gasteiger partial charge is 0.497 e. The van der Waals surface area contributed by atoms with Crippen molar-refractivity contribution >= 4 is 18.0 Å². The van der Waals surface area contributed by atoms with Crippen LogP contribution in [0.3, 0.4) is 0 Å². The van der Waals surface area contributed by atoms with E-state index in [9.17, 15) is 9.59 Å². The number of carbonyl (C=O) groups is 2. The predicted molar refractivity (Wildman–Crippen MR) is 91.8 cm³/mol. The van der Waals surface area contributed by atoms with Crippen LogP contribution in [0.15, 0.2) is 53.6 Å². The summed E-state index contributed by atoms with van der Waals surface area (Å²) < 4.78 is 5.09. The molecule has 2 aromatic carbocycles. The average molecular weight is 325 g/mol. The third-order valence-corrected chi connectivity index (χ3v) is 3.25. The molecule has 0 radical (unpaired) electrons. The first-order valence-corrected chi connectivity index (χ1v) is 7.39. The maximum absolute atomic E-state index is 11.7. The summed E-state index contributed by atoms with van der Waals surface area (Å²) in [4.78, 5) is 23.4. The molecule has 124 valence electrons. The van der Waals surface area contributed by atoms with Crippen LogP contribution >= 0.6 is 0 Å². The second-order valence-corrected chi connectivity index (χ2v) is 5.14. The van der Waals surface area contributed by atoms with Crippen molar-refractivity contribution in [3.63, 3.8) is 0 Å². The van der Waals surface area contributed by atoms with Crippen LogP contribution in [-0.2, 0) is 16.1 Å². The lowest BCUT2D eigenvalue weighted by atomic mass is 10.1. The van der Waals surface area contributed by atoms with Crippen molar-refractivity contribution in [3.05, 3.63) is 65.2 Å². The minimum absolute atomic E-state index is 0.284. The first kappa shape index (κ1) is 17.2. The van der Waals surface area contributed by atoms with Crippen LogP contribution in [0.25, 0.3) is 0 Å². The summed E-state index contributed by atoms with van der Waals surface area (Å²) in [5.74, 6) is -0.874. The lowest BCUT2D eigenvalue weighted by Crippen LogP contribution is -2.37. The van der Waals surface area contributed by atoms with Crippen molar-refractivity contribution in [2.75, 3.05) is 7.11 Å². The maximum atomic E-state index is 11.7. The molecule has 2 rings (SSSR count). The smallest absolute Gasteiger partial charge is 0.329 e. The molecule has 0 saturated carbocycles. The first-order valence-electron chi connectivity index (χ1n) is 7.39. The summed E-state index contributed by atoms with van der Waals surface area (Å²) in [6, 6.07) is 14.8. The normalized spacial score (nSPS) is 10.4. The Morgan fingerprint density at radius 1 is 1.12 bits per heavy atom. The molecule has 0 heterocycles. The molecule has 0 saturated heterocycles. The zero-order valence-corrected chi connectivity index (χ0v) is 13.6. The molecule has 0 aliphatic carbocycles. The number of hydrogen-bond donors (Lipinski definition) is 2. The number of hydrogen-bond acceptors (Lipinski definition) is 4. The van der Waals surface area contributed by atoms with Gasteiger partial charge in [0, 0.05) is 6.54 Å². The Labute approximate surface area is 140 Å². The molecule has 2 aromatic rings. The number of methoxy groups -OCH3 is 1. The van der Waals surface area contributed by atoms with Crippen LogP contribution in [0.2, 0.25) is 0 Å². The molecule has 2 amide bonds. The number of rotatable bonds is 5. The fourth-order valence-corrected chi connectivity index (χ4v) is 1.91. The van der Waals surface area contributed by atoms with Gasteiger partial charge in [-0.3, -0.25) is 9.59 Å². The monoisotopic (exact) mass is 325 g/mol. The van der Waals surface area contributed by atoms with Gasteiger partial charge in [-0.1, -0.05) is 42.0 Å². The summed E-state index contributed by atoms with van der Waals surface area (Å²) in [6.45, 7) is 2.27. The van der Waals surface area contributed by atoms with Gasteiger partial charge in [0.1, 0.15) is 5.75 Å². The molecule has 6 heteroatoms. The van der Waals surface area contributed by atoms with Crippen LogP contribution in [-0.4, -0.2) is 25.1 Å². The topological polar surface area (TPSA) is 79.8 Å². The Balaban J connectivity index is 1.81. The SMILES string of the molecule is COc1cccc(/C=N\NC(=O)C(=O)NCc2ccc(C)cc2)c1. The molecule has 0 aromatic heterocycles. The van der Waals surface area contributed by atoms with Gasteiger partial charge in [-0.15, -0.1) is 0 Å². The highest BCUT2D eigenvalue weighted by molar-refractivity contribution is 6.35. The average Bonchev–Trinajstić information content (AvgIpc) is 2.61. The molecule has 0 aliphatic rings. The number of hydrazone groups is 1. The standard InChI is InChI=1S/C18H19N3O3/c1-13-6-8-14(9-7-13)11-19-17(22)18(23)21-20-12-15-4-3-5-16(10-15)24-2/h3-10,12H,11H2,1-2H3,(H,19,22)(H,21,23)/b20-12-. The van der Waals surface area contributed by atoms with E-state index in [1.807, 2.05) is 31.2 Å². The van der Waals surface area contributed by atoms with E-state index in [1.165, 1.54) is 6.21 Å². The van der Waals surface area contributed by atoms with E-state index in [4.69, 9.17) is 4.74 Å². The Hall–Kier alpha value is -3.15. The molecule has 0 atom stereocenters. The maximum Gasteiger partial charge on any atom is 0.329 e. The molecule has 0 bridgehead atoms. The Kier molecular flexibility index (Phi) is 6.08. The van der Waals surface area contributed by atoms with Crippen molar-refractivity contribution in [2.24, 2.45) is 5.10 Å². The van der Waals surface area contributed by atoms with E-state index in [-0.39, 0.29) is 6.54 Å². The van der Waals surface area contributed by atoms with Crippen LogP contribution in [0, 0.1) is 6.92 Å². The van der Waals surface area contributed by atoms with Gasteiger partial charge in [-0.2, -0.15) is 5.10 Å². The van der Waals surface area contributed by atoms with Gasteiger partial charge in [-0.05, 0) is 30.2 Å². The molecule has 0 fully saturated rings. The summed E-state index contributed by atoms with van der Waals surface area (Å²) in [5.41, 5.74) is 4.99. The van der Waals surface area contributed by atoms with Gasteiger partial charge in [-0.25, -0.2) is 5.43 Å². The summed E-state index contributed by atoms with van der Waals surface area (Å²) in [5, 5.41) is 6.30. The highest BCUT2D eigenvalue weighted by Crippen LogP contribution is 2.10. The van der Waals surface area contributed by atoms with E-state index in [2.05, 4.69) is 15.8 Å². The minimum atomic E-state index is -0.818. The van der Waals surface area contributed by atoms with Crippen LogP contribution < -0.4 is 15.5 Å². The van der Waals surface area contributed by atoms with Crippen LogP contribution in [0.4, 0.5) is 0 Å². The second kappa shape index (κ2) is 8.47. The zero-order valence-electron chi connectivity index (χ0n) is 13.6. The van der Waals surface area contributed by atoms with Gasteiger partial charge in [0.2, 0.25) is 0 Å². The quantitative estimate of drug-likeness (QED) is 0.499. The predicted octanol–water partition coefficient (Wildman–Crippen LogP) is 1.77. The number of carbonyl (C=O) groups excluding carboxylic acids is 2. The number of nitrogens with zero attached hydrogens (tertiary/aromatic N) is 1. The number of benzene rings is 2. The van der Waals surface area contributed by atoms with Crippen molar-refractivity contribution in [3.8, 4) is 5.75 Å². The molecule has 24 heavy (non-hydrogen) atoms. The van der Waals surface area contributed by atoms with Crippen LogP contribution in [0.5, 0.6) is 5.75 Å². The second-order valence-electron chi connectivity index (χ2n) is 5.14. The van der Waals surface area contributed by atoms with E-state index in [0.717, 1.165) is 16.7 Å². The van der Waals surface area contributed by atoms with Gasteiger partial charge in [0.15, 0.2) is 0 Å². The van der Waals surface area contributed by atoms with E-state index >= 15 is 0 Å². The number of amides is 2. The minimum Gasteiger partial charge on any atom is -0.497 e. The fourth-order valence-electron chi connectivity index (χ4n) is 1.91. The number of nitrogens with one attached hydrogen (secondary N) is 2. The lowest BCUT2D eigenvalue weighted by Gasteiger charge is -2.04. The summed E-state index contributed by atoms with van der Waals surface area (Å²) >= 11 is 0. The van der Waals surface area contributed by atoms with Gasteiger partial charge in [0.25, 0.3) is 0 Å². The number of aryl methyl sites for hydroxylation is 1. The lowest BCUT2D eigenvalue weighted by molar-refractivity contribution is -0.139. The van der Waals surface area contributed by atoms with E-state index < -0.39 is 11.8 Å². The van der Waals surface area contributed by atoms with Crippen molar-refractivity contribution in [1.29, 1.82) is 0 Å². The molecular formula is C18H19N3O3. The molecular weight excluding hydrogens is 306 g/mol. The molecule has 0 spiro atoms. The fraction of sp³-hybridized carbons (Fsp3) is 0.167. The highest BCUT2D eigenvalue weighted by atomic mass is 16.5. The Bertz CT molecular complexity index is 739. The van der Waals surface area contributed by atoms with Gasteiger partial charge >= 0.3 is 11.8 Å².